The summed E-state index contributed by atoms with van der Waals surface area (Å²) >= 11 is 6.03. The molecule has 7 heteroatoms. The number of anilines is 2. The average Bonchev–Trinajstić information content (AvgIpc) is 2.58. The van der Waals surface area contributed by atoms with Gasteiger partial charge in [-0.25, -0.2) is 0 Å². The molecule has 130 valence electrons. The highest BCUT2D eigenvalue weighted by Crippen LogP contribution is 2.23. The molecular weight excluding hydrogens is 344 g/mol. The average molecular weight is 360 g/mol. The van der Waals surface area contributed by atoms with Gasteiger partial charge in [-0.3, -0.25) is 9.59 Å². The number of carboxylic acid groups (broad SMARTS) is 1. The minimum atomic E-state index is -1.28. The number of carbonyl (C=O) groups is 3. The topological polar surface area (TPSA) is 98.3 Å². The maximum absolute atomic E-state index is 12.3. The van der Waals surface area contributed by atoms with Crippen molar-refractivity contribution in [3.05, 3.63) is 58.6 Å². The zero-order valence-electron chi connectivity index (χ0n) is 13.5. The van der Waals surface area contributed by atoms with Gasteiger partial charge in [0.05, 0.1) is 0 Å². The fourth-order valence-corrected chi connectivity index (χ4v) is 2.26. The monoisotopic (exact) mass is 359 g/mol. The van der Waals surface area contributed by atoms with Gasteiger partial charge in [-0.2, -0.15) is 0 Å². The summed E-state index contributed by atoms with van der Waals surface area (Å²) in [5.74, 6) is -2.02. The summed E-state index contributed by atoms with van der Waals surface area (Å²) in [5.41, 5.74) is 2.28. The molecule has 0 unspecified atom stereocenters. The van der Waals surface area contributed by atoms with Crippen molar-refractivity contribution >= 4 is 40.8 Å². The Morgan fingerprint density at radius 1 is 1.00 bits per heavy atom. The molecule has 2 aromatic carbocycles. The summed E-state index contributed by atoms with van der Waals surface area (Å²) in [4.78, 5) is 34.2. The summed E-state index contributed by atoms with van der Waals surface area (Å²) in [6.07, 6.45) is -0.510. The third kappa shape index (κ3) is 5.32. The first kappa shape index (κ1) is 18.5. The van der Waals surface area contributed by atoms with Crippen molar-refractivity contribution in [1.82, 2.24) is 0 Å². The number of rotatable bonds is 6. The number of halogens is 1. The van der Waals surface area contributed by atoms with Crippen LogP contribution in [0.4, 0.5) is 11.4 Å². The van der Waals surface area contributed by atoms with Crippen LogP contribution in [-0.2, 0) is 9.59 Å². The maximum atomic E-state index is 12.3. The SMILES string of the molecule is Cc1c(Cl)cccc1NC(=O)c1ccc(NC(=O)CCC(=O)[O-])cc1. The van der Waals surface area contributed by atoms with Crippen molar-refractivity contribution in [2.24, 2.45) is 0 Å². The number of nitrogens with one attached hydrogen (secondary N) is 2. The van der Waals surface area contributed by atoms with E-state index >= 15 is 0 Å². The number of benzene rings is 2. The van der Waals surface area contributed by atoms with Crippen molar-refractivity contribution in [3.8, 4) is 0 Å². The fourth-order valence-electron chi connectivity index (χ4n) is 2.08. The van der Waals surface area contributed by atoms with Gasteiger partial charge in [0.1, 0.15) is 0 Å². The molecule has 0 spiro atoms. The molecule has 25 heavy (non-hydrogen) atoms. The van der Waals surface area contributed by atoms with Crippen LogP contribution in [0.5, 0.6) is 0 Å². The van der Waals surface area contributed by atoms with Gasteiger partial charge in [0, 0.05) is 34.4 Å². The predicted octanol–water partition coefficient (Wildman–Crippen LogP) is 2.37. The Morgan fingerprint density at radius 3 is 2.32 bits per heavy atom. The van der Waals surface area contributed by atoms with E-state index in [1.54, 1.807) is 42.5 Å². The van der Waals surface area contributed by atoms with Crippen LogP contribution in [0, 0.1) is 6.92 Å². The van der Waals surface area contributed by atoms with Crippen LogP contribution in [0.25, 0.3) is 0 Å². The second kappa shape index (κ2) is 8.30. The molecule has 0 atom stereocenters. The number of carbonyl (C=O) groups excluding carboxylic acids is 3. The summed E-state index contributed by atoms with van der Waals surface area (Å²) in [6.45, 7) is 1.81. The van der Waals surface area contributed by atoms with E-state index in [1.165, 1.54) is 0 Å². The highest BCUT2D eigenvalue weighted by Gasteiger charge is 2.10. The van der Waals surface area contributed by atoms with Crippen molar-refractivity contribution in [1.29, 1.82) is 0 Å². The molecule has 0 aliphatic heterocycles. The lowest BCUT2D eigenvalue weighted by Gasteiger charge is -2.10. The van der Waals surface area contributed by atoms with Crippen LogP contribution in [-0.4, -0.2) is 17.8 Å². The zero-order chi connectivity index (χ0) is 18.4. The van der Waals surface area contributed by atoms with Crippen LogP contribution < -0.4 is 15.7 Å². The number of amides is 2. The molecule has 2 N–H and O–H groups in total. The molecule has 2 rings (SSSR count). The highest BCUT2D eigenvalue weighted by atomic mass is 35.5. The first-order chi connectivity index (χ1) is 11.9. The molecule has 6 nitrogen and oxygen atoms in total. The second-order valence-corrected chi connectivity index (χ2v) is 5.77. The van der Waals surface area contributed by atoms with Crippen molar-refractivity contribution in [2.45, 2.75) is 19.8 Å². The standard InChI is InChI=1S/C18H17ClN2O4/c1-11-14(19)3-2-4-15(11)21-18(25)12-5-7-13(8-6-12)20-16(22)9-10-17(23)24/h2-8H,9-10H2,1H3,(H,20,22)(H,21,25)(H,23,24)/p-1. The minimum absolute atomic E-state index is 0.168. The van der Waals surface area contributed by atoms with Gasteiger partial charge in [0.2, 0.25) is 5.91 Å². The molecule has 0 aromatic heterocycles. The second-order valence-electron chi connectivity index (χ2n) is 5.36. The zero-order valence-corrected chi connectivity index (χ0v) is 14.2. The van der Waals surface area contributed by atoms with E-state index in [-0.39, 0.29) is 18.7 Å². The Labute approximate surface area is 149 Å². The van der Waals surface area contributed by atoms with Crippen LogP contribution in [0.3, 0.4) is 0 Å². The third-order valence-corrected chi connectivity index (χ3v) is 3.91. The Morgan fingerprint density at radius 2 is 1.68 bits per heavy atom. The Kier molecular flexibility index (Phi) is 6.14. The molecule has 0 radical (unpaired) electrons. The molecule has 2 amide bonds. The molecule has 0 aliphatic rings. The van der Waals surface area contributed by atoms with Crippen LogP contribution in [0.1, 0.15) is 28.8 Å². The minimum Gasteiger partial charge on any atom is -0.550 e. The third-order valence-electron chi connectivity index (χ3n) is 3.50. The van der Waals surface area contributed by atoms with Crippen molar-refractivity contribution < 1.29 is 19.5 Å². The van der Waals surface area contributed by atoms with E-state index in [1.807, 2.05) is 6.92 Å². The number of hydrogen-bond acceptors (Lipinski definition) is 4. The first-order valence-corrected chi connectivity index (χ1v) is 7.91. The molecule has 0 heterocycles. The first-order valence-electron chi connectivity index (χ1n) is 7.53. The highest BCUT2D eigenvalue weighted by molar-refractivity contribution is 6.31. The normalized spacial score (nSPS) is 10.2. The largest absolute Gasteiger partial charge is 0.550 e. The Balaban J connectivity index is 1.99. The van der Waals surface area contributed by atoms with Crippen LogP contribution in [0.2, 0.25) is 5.02 Å². The maximum Gasteiger partial charge on any atom is 0.255 e. The lowest BCUT2D eigenvalue weighted by atomic mass is 10.1. The molecule has 0 fully saturated rings. The van der Waals surface area contributed by atoms with E-state index in [0.717, 1.165) is 5.56 Å². The molecule has 2 aromatic rings. The smallest absolute Gasteiger partial charge is 0.255 e. The van der Waals surface area contributed by atoms with E-state index < -0.39 is 11.9 Å². The van der Waals surface area contributed by atoms with Crippen molar-refractivity contribution in [2.75, 3.05) is 10.6 Å². The number of carboxylic acids is 1. The fraction of sp³-hybridized carbons (Fsp3) is 0.167. The predicted molar refractivity (Wildman–Crippen MR) is 93.5 cm³/mol. The van der Waals surface area contributed by atoms with E-state index in [2.05, 4.69) is 10.6 Å². The Hall–Kier alpha value is -2.86. The van der Waals surface area contributed by atoms with Gasteiger partial charge in [-0.15, -0.1) is 0 Å². The molecule has 0 saturated carbocycles. The van der Waals surface area contributed by atoms with E-state index in [9.17, 15) is 19.5 Å². The molecular formula is C18H16ClN2O4-. The van der Waals surface area contributed by atoms with Gasteiger partial charge in [-0.05, 0) is 55.3 Å². The molecule has 0 bridgehead atoms. The van der Waals surface area contributed by atoms with Crippen molar-refractivity contribution in [3.63, 3.8) is 0 Å². The lowest BCUT2D eigenvalue weighted by Crippen LogP contribution is -2.24. The van der Waals surface area contributed by atoms with E-state index in [4.69, 9.17) is 11.6 Å². The summed E-state index contributed by atoms with van der Waals surface area (Å²) < 4.78 is 0. The number of hydrogen-bond donors (Lipinski definition) is 2. The van der Waals surface area contributed by atoms with Gasteiger partial charge in [-0.1, -0.05) is 17.7 Å². The quantitative estimate of drug-likeness (QED) is 0.827. The van der Waals surface area contributed by atoms with Crippen LogP contribution >= 0.6 is 11.6 Å². The van der Waals surface area contributed by atoms with Gasteiger partial charge >= 0.3 is 0 Å². The van der Waals surface area contributed by atoms with Gasteiger partial charge in [0.25, 0.3) is 5.91 Å². The number of aliphatic carboxylic acids is 1. The van der Waals surface area contributed by atoms with Gasteiger partial charge in [0.15, 0.2) is 0 Å². The summed E-state index contributed by atoms with van der Waals surface area (Å²) in [6, 6.07) is 11.5. The summed E-state index contributed by atoms with van der Waals surface area (Å²) in [7, 11) is 0. The van der Waals surface area contributed by atoms with E-state index in [0.29, 0.717) is 22.0 Å². The molecule has 0 aliphatic carbocycles. The van der Waals surface area contributed by atoms with Crippen LogP contribution in [0.15, 0.2) is 42.5 Å². The summed E-state index contributed by atoms with van der Waals surface area (Å²) in [5, 5.41) is 16.2. The molecule has 0 saturated heterocycles. The van der Waals surface area contributed by atoms with Gasteiger partial charge < -0.3 is 20.5 Å². The lowest BCUT2D eigenvalue weighted by molar-refractivity contribution is -0.305. The Bertz CT molecular complexity index is 803.